The summed E-state index contributed by atoms with van der Waals surface area (Å²) in [6, 6.07) is 0.461. The van der Waals surface area contributed by atoms with Gasteiger partial charge < -0.3 is 11.5 Å². The molecule has 0 unspecified atom stereocenters. The van der Waals surface area contributed by atoms with Crippen LogP contribution in [0.3, 0.4) is 0 Å². The van der Waals surface area contributed by atoms with Gasteiger partial charge in [0.25, 0.3) is 0 Å². The summed E-state index contributed by atoms with van der Waals surface area (Å²) in [5, 5.41) is 8.63. The van der Waals surface area contributed by atoms with Crippen LogP contribution in [0.25, 0.3) is 0 Å². The van der Waals surface area contributed by atoms with Crippen molar-refractivity contribution in [1.29, 1.82) is 0 Å². The number of anilines is 2. The molecule has 4 N–H and O–H groups in total. The van der Waals surface area contributed by atoms with Crippen LogP contribution >= 0.6 is 0 Å². The molecule has 17 heavy (non-hydrogen) atoms. The van der Waals surface area contributed by atoms with Crippen molar-refractivity contribution in [2.75, 3.05) is 11.5 Å². The summed E-state index contributed by atoms with van der Waals surface area (Å²) in [4.78, 5) is 1.83. The van der Waals surface area contributed by atoms with Crippen molar-refractivity contribution in [2.45, 2.75) is 38.1 Å². The van der Waals surface area contributed by atoms with E-state index in [1.54, 1.807) is 0 Å². The molecule has 0 radical (unpaired) electrons. The fourth-order valence-electron chi connectivity index (χ4n) is 4.75. The summed E-state index contributed by atoms with van der Waals surface area (Å²) in [5.41, 5.74) is 11.4. The van der Waals surface area contributed by atoms with Gasteiger partial charge in [0.1, 0.15) is 0 Å². The van der Waals surface area contributed by atoms with Crippen molar-refractivity contribution in [3.05, 3.63) is 0 Å². The van der Waals surface area contributed by atoms with E-state index in [9.17, 15) is 0 Å². The van der Waals surface area contributed by atoms with Crippen LogP contribution in [0.5, 0.6) is 0 Å². The smallest absolute Gasteiger partial charge is 0.190 e. The van der Waals surface area contributed by atoms with Gasteiger partial charge in [0, 0.05) is 0 Å². The van der Waals surface area contributed by atoms with Crippen molar-refractivity contribution in [2.24, 2.45) is 23.7 Å². The number of nitrogens with zero attached hydrogens (tertiary/aromatic N) is 3. The second kappa shape index (κ2) is 3.15. The van der Waals surface area contributed by atoms with E-state index in [2.05, 4.69) is 10.2 Å². The summed E-state index contributed by atoms with van der Waals surface area (Å²) in [5.74, 6) is 4.24. The molecule has 0 aliphatic heterocycles. The summed E-state index contributed by atoms with van der Waals surface area (Å²) < 4.78 is 0. The molecule has 0 amide bonds. The van der Waals surface area contributed by atoms with Crippen molar-refractivity contribution in [1.82, 2.24) is 15.0 Å². The van der Waals surface area contributed by atoms with Gasteiger partial charge in [-0.05, 0) is 55.8 Å². The summed E-state index contributed by atoms with van der Waals surface area (Å²) in [7, 11) is 0. The Morgan fingerprint density at radius 2 is 1.29 bits per heavy atom. The molecule has 4 aliphatic carbocycles. The minimum absolute atomic E-state index is 0.388. The van der Waals surface area contributed by atoms with E-state index in [0.717, 1.165) is 23.7 Å². The Bertz CT molecular complexity index is 404. The zero-order valence-corrected chi connectivity index (χ0v) is 9.92. The molecule has 1 heterocycles. The zero-order valence-electron chi connectivity index (χ0n) is 9.92. The first-order valence-corrected chi connectivity index (χ1v) is 6.68. The Kier molecular flexibility index (Phi) is 1.80. The van der Waals surface area contributed by atoms with Gasteiger partial charge in [-0.2, -0.15) is 4.80 Å². The molecule has 5 nitrogen and oxygen atoms in total. The molecule has 0 spiro atoms. The third-order valence-electron chi connectivity index (χ3n) is 5.13. The molecule has 4 fully saturated rings. The van der Waals surface area contributed by atoms with Gasteiger partial charge in [-0.15, -0.1) is 10.2 Å². The van der Waals surface area contributed by atoms with Crippen LogP contribution in [0.1, 0.15) is 38.1 Å². The SMILES string of the molecule is Nc1nn(C2C3CC4CC(C3)CC2C4)nc1N. The lowest BCUT2D eigenvalue weighted by atomic mass is 9.54. The Balaban J connectivity index is 1.70. The van der Waals surface area contributed by atoms with Crippen molar-refractivity contribution in [3.8, 4) is 0 Å². The predicted molar refractivity (Wildman–Crippen MR) is 64.9 cm³/mol. The highest BCUT2D eigenvalue weighted by Crippen LogP contribution is 2.57. The molecule has 4 bridgehead atoms. The molecule has 0 aromatic carbocycles. The molecule has 1 aromatic heterocycles. The zero-order chi connectivity index (χ0) is 11.6. The number of nitrogens with two attached hydrogens (primary N) is 2. The average molecular weight is 233 g/mol. The number of hydrogen-bond donors (Lipinski definition) is 2. The lowest BCUT2D eigenvalue weighted by Gasteiger charge is -2.53. The topological polar surface area (TPSA) is 82.8 Å². The van der Waals surface area contributed by atoms with Crippen LogP contribution in [0, 0.1) is 23.7 Å². The molecule has 1 aromatic rings. The van der Waals surface area contributed by atoms with Crippen LogP contribution in [0.15, 0.2) is 0 Å². The van der Waals surface area contributed by atoms with Crippen LogP contribution in [0.2, 0.25) is 0 Å². The molecule has 4 aliphatic rings. The molecular formula is C12H19N5. The van der Waals surface area contributed by atoms with E-state index in [1.165, 1.54) is 32.1 Å². The van der Waals surface area contributed by atoms with Crippen molar-refractivity contribution >= 4 is 11.6 Å². The summed E-state index contributed by atoms with van der Waals surface area (Å²) in [6.45, 7) is 0. The van der Waals surface area contributed by atoms with Gasteiger partial charge in [-0.1, -0.05) is 0 Å². The summed E-state index contributed by atoms with van der Waals surface area (Å²) >= 11 is 0. The Labute approximate surface area is 101 Å². The fourth-order valence-corrected chi connectivity index (χ4v) is 4.75. The van der Waals surface area contributed by atoms with Crippen LogP contribution in [-0.4, -0.2) is 15.0 Å². The van der Waals surface area contributed by atoms with E-state index in [4.69, 9.17) is 11.5 Å². The van der Waals surface area contributed by atoms with Crippen molar-refractivity contribution < 1.29 is 0 Å². The highest BCUT2D eigenvalue weighted by atomic mass is 15.5. The molecule has 0 atom stereocenters. The highest BCUT2D eigenvalue weighted by molar-refractivity contribution is 5.50. The minimum Gasteiger partial charge on any atom is -0.379 e. The Hall–Kier alpha value is -1.26. The first-order chi connectivity index (χ1) is 8.20. The third-order valence-corrected chi connectivity index (χ3v) is 5.13. The number of rotatable bonds is 1. The maximum atomic E-state index is 5.71. The van der Waals surface area contributed by atoms with E-state index >= 15 is 0 Å². The standard InChI is InChI=1S/C12H19N5/c13-11-12(14)16-17(15-11)10-8-2-6-1-7(4-8)5-9(10)3-6/h6-10H,1-5H2,(H2,13,15)(H2,14,16). The molecule has 4 saturated carbocycles. The molecule has 5 heteroatoms. The first-order valence-electron chi connectivity index (χ1n) is 6.68. The lowest BCUT2D eigenvalue weighted by Crippen LogP contribution is -2.46. The van der Waals surface area contributed by atoms with Crippen LogP contribution in [0.4, 0.5) is 11.6 Å². The first kappa shape index (κ1) is 9.74. The van der Waals surface area contributed by atoms with Gasteiger partial charge in [0.15, 0.2) is 11.6 Å². The van der Waals surface area contributed by atoms with Gasteiger partial charge in [-0.25, -0.2) is 0 Å². The maximum Gasteiger partial charge on any atom is 0.190 e. The van der Waals surface area contributed by atoms with Crippen molar-refractivity contribution in [3.63, 3.8) is 0 Å². The number of aromatic nitrogens is 3. The normalized spacial score (nSPS) is 43.2. The molecular weight excluding hydrogens is 214 g/mol. The van der Waals surface area contributed by atoms with E-state index < -0.39 is 0 Å². The average Bonchev–Trinajstić information content (AvgIpc) is 2.57. The van der Waals surface area contributed by atoms with E-state index in [-0.39, 0.29) is 0 Å². The van der Waals surface area contributed by atoms with E-state index in [0.29, 0.717) is 17.7 Å². The van der Waals surface area contributed by atoms with E-state index in [1.807, 2.05) is 4.80 Å². The highest BCUT2D eigenvalue weighted by Gasteiger charge is 2.49. The van der Waals surface area contributed by atoms with Gasteiger partial charge in [0.05, 0.1) is 6.04 Å². The van der Waals surface area contributed by atoms with Gasteiger partial charge >= 0.3 is 0 Å². The molecule has 92 valence electrons. The fraction of sp³-hybridized carbons (Fsp3) is 0.833. The predicted octanol–water partition coefficient (Wildman–Crippen LogP) is 1.44. The Morgan fingerprint density at radius 3 is 1.76 bits per heavy atom. The quantitative estimate of drug-likeness (QED) is 0.769. The van der Waals surface area contributed by atoms with Gasteiger partial charge in [-0.3, -0.25) is 0 Å². The Morgan fingerprint density at radius 1 is 0.824 bits per heavy atom. The molecule has 5 rings (SSSR count). The second-order valence-corrected chi connectivity index (χ2v) is 6.21. The van der Waals surface area contributed by atoms with Crippen LogP contribution in [-0.2, 0) is 0 Å². The third kappa shape index (κ3) is 1.31. The monoisotopic (exact) mass is 233 g/mol. The minimum atomic E-state index is 0.388. The molecule has 0 saturated heterocycles. The maximum absolute atomic E-state index is 5.71. The number of hydrogen-bond acceptors (Lipinski definition) is 4. The van der Waals surface area contributed by atoms with Gasteiger partial charge in [0.2, 0.25) is 0 Å². The largest absolute Gasteiger partial charge is 0.379 e. The summed E-state index contributed by atoms with van der Waals surface area (Å²) in [6.07, 6.45) is 6.91. The number of nitrogen functional groups attached to an aromatic ring is 2. The van der Waals surface area contributed by atoms with Crippen LogP contribution < -0.4 is 11.5 Å². The second-order valence-electron chi connectivity index (χ2n) is 6.21. The lowest BCUT2D eigenvalue weighted by molar-refractivity contribution is -0.0387.